The number of esters is 1. The maximum absolute atomic E-state index is 13.1. The molecular weight excluding hydrogens is 438 g/mol. The molecule has 3 rings (SSSR count). The monoisotopic (exact) mass is 467 g/mol. The van der Waals surface area contributed by atoms with Gasteiger partial charge < -0.3 is 24.2 Å². The summed E-state index contributed by atoms with van der Waals surface area (Å²) in [7, 11) is 3.13. The van der Waals surface area contributed by atoms with Crippen LogP contribution in [0.15, 0.2) is 42.0 Å². The molecule has 1 aliphatic heterocycles. The number of hydrogen-bond donors (Lipinski definition) is 1. The number of amides is 1. The number of nitrogens with zero attached hydrogens (tertiary/aromatic N) is 1. The first-order chi connectivity index (χ1) is 16.2. The Morgan fingerprint density at radius 1 is 1.06 bits per heavy atom. The smallest absolute Gasteiger partial charge is 0.308 e. The van der Waals surface area contributed by atoms with E-state index < -0.39 is 23.7 Å². The molecule has 1 heterocycles. The molecule has 180 valence electrons. The number of rotatable bonds is 8. The van der Waals surface area contributed by atoms with Crippen molar-refractivity contribution in [2.24, 2.45) is 0 Å². The van der Waals surface area contributed by atoms with Gasteiger partial charge in [-0.1, -0.05) is 12.1 Å². The molecule has 1 saturated heterocycles. The second kappa shape index (κ2) is 10.5. The van der Waals surface area contributed by atoms with Crippen molar-refractivity contribution in [2.75, 3.05) is 27.4 Å². The average Bonchev–Trinajstić information content (AvgIpc) is 3.05. The van der Waals surface area contributed by atoms with Crippen molar-refractivity contribution in [1.82, 2.24) is 4.90 Å². The van der Waals surface area contributed by atoms with Gasteiger partial charge in [0.15, 0.2) is 0 Å². The highest BCUT2D eigenvalue weighted by Crippen LogP contribution is 2.41. The van der Waals surface area contributed by atoms with Gasteiger partial charge in [0, 0.05) is 32.7 Å². The predicted octanol–water partition coefficient (Wildman–Crippen LogP) is 3.70. The summed E-state index contributed by atoms with van der Waals surface area (Å²) in [6, 6.07) is 9.26. The zero-order chi connectivity index (χ0) is 25.0. The minimum atomic E-state index is -0.801. The van der Waals surface area contributed by atoms with Crippen LogP contribution in [0.3, 0.4) is 0 Å². The van der Waals surface area contributed by atoms with Crippen molar-refractivity contribution in [2.45, 2.75) is 33.2 Å². The molecule has 1 N–H and O–H groups in total. The number of benzene rings is 2. The number of Topliss-reactive ketones (excluding diaryl/α,β-unsaturated/α-hetero) is 1. The van der Waals surface area contributed by atoms with Crippen molar-refractivity contribution >= 4 is 23.4 Å². The first kappa shape index (κ1) is 25.0. The van der Waals surface area contributed by atoms with Crippen LogP contribution in [0.5, 0.6) is 11.5 Å². The lowest BCUT2D eigenvalue weighted by molar-refractivity contribution is -0.140. The summed E-state index contributed by atoms with van der Waals surface area (Å²) in [5.41, 5.74) is 2.56. The third kappa shape index (κ3) is 4.97. The number of aryl methyl sites for hydroxylation is 2. The number of aliphatic hydroxyl groups is 1. The highest BCUT2D eigenvalue weighted by atomic mass is 16.5. The number of aliphatic hydroxyl groups excluding tert-OH is 1. The van der Waals surface area contributed by atoms with E-state index in [4.69, 9.17) is 14.2 Å². The van der Waals surface area contributed by atoms with Crippen LogP contribution in [0.1, 0.15) is 41.6 Å². The van der Waals surface area contributed by atoms with E-state index in [-0.39, 0.29) is 17.9 Å². The molecule has 34 heavy (non-hydrogen) atoms. The maximum Gasteiger partial charge on any atom is 0.308 e. The molecule has 0 aromatic heterocycles. The number of ketones is 1. The van der Waals surface area contributed by atoms with Gasteiger partial charge in [-0.2, -0.15) is 0 Å². The number of carbonyl (C=O) groups excluding carboxylic acids is 3. The van der Waals surface area contributed by atoms with Crippen molar-refractivity contribution in [3.05, 3.63) is 64.2 Å². The molecular formula is C26H29NO7. The normalized spacial score (nSPS) is 17.2. The molecule has 1 amide bonds. The molecule has 0 spiro atoms. The zero-order valence-corrected chi connectivity index (χ0v) is 20.0. The summed E-state index contributed by atoms with van der Waals surface area (Å²) in [5.74, 6) is -1.14. The third-order valence-electron chi connectivity index (χ3n) is 5.74. The molecule has 8 heteroatoms. The first-order valence-corrected chi connectivity index (χ1v) is 10.9. The number of likely N-dealkylation sites (tertiary alicyclic amines) is 1. The Hall–Kier alpha value is -3.65. The van der Waals surface area contributed by atoms with Crippen LogP contribution in [-0.2, 0) is 19.1 Å². The number of carbonyl (C=O) groups is 3. The van der Waals surface area contributed by atoms with Gasteiger partial charge in [0.25, 0.3) is 11.7 Å². The molecule has 1 atom stereocenters. The largest absolute Gasteiger partial charge is 0.507 e. The number of methoxy groups -OCH3 is 2. The summed E-state index contributed by atoms with van der Waals surface area (Å²) < 4.78 is 15.6. The standard InChI is InChI=1S/C26H29NO7/c1-15-14-21(33-5)16(2)13-20(15)24(29)22-23(18-7-9-19(10-8-18)34-17(3)28)27(11-6-12-32-4)26(31)25(22)30/h7-10,13-14,23,29H,6,11-12H2,1-5H3/b24-22+. The third-order valence-corrected chi connectivity index (χ3v) is 5.74. The molecule has 1 aliphatic rings. The minimum absolute atomic E-state index is 0.00956. The number of hydrogen-bond acceptors (Lipinski definition) is 7. The molecule has 0 radical (unpaired) electrons. The van der Waals surface area contributed by atoms with E-state index in [0.29, 0.717) is 41.2 Å². The Balaban J connectivity index is 2.14. The lowest BCUT2D eigenvalue weighted by Gasteiger charge is -2.25. The highest BCUT2D eigenvalue weighted by molar-refractivity contribution is 6.46. The summed E-state index contributed by atoms with van der Waals surface area (Å²) >= 11 is 0. The quantitative estimate of drug-likeness (QED) is 0.158. The van der Waals surface area contributed by atoms with E-state index in [1.54, 1.807) is 57.5 Å². The fraction of sp³-hybridized carbons (Fsp3) is 0.346. The van der Waals surface area contributed by atoms with E-state index in [0.717, 1.165) is 5.56 Å². The minimum Gasteiger partial charge on any atom is -0.507 e. The van der Waals surface area contributed by atoms with Gasteiger partial charge in [-0.3, -0.25) is 14.4 Å². The van der Waals surface area contributed by atoms with Crippen molar-refractivity contribution in [1.29, 1.82) is 0 Å². The van der Waals surface area contributed by atoms with Crippen LogP contribution >= 0.6 is 0 Å². The Morgan fingerprint density at radius 3 is 2.32 bits per heavy atom. The second-order valence-corrected chi connectivity index (χ2v) is 8.14. The SMILES string of the molecule is COCCCN1C(=O)C(=O)/C(=C(/O)c2cc(C)c(OC)cc2C)C1c1ccc(OC(C)=O)cc1. The number of ether oxygens (including phenoxy) is 3. The van der Waals surface area contributed by atoms with Crippen LogP contribution in [0.4, 0.5) is 0 Å². The Kier molecular flexibility index (Phi) is 7.73. The predicted molar refractivity (Wildman–Crippen MR) is 126 cm³/mol. The van der Waals surface area contributed by atoms with Gasteiger partial charge in [-0.25, -0.2) is 0 Å². The van der Waals surface area contributed by atoms with Crippen LogP contribution in [0, 0.1) is 13.8 Å². The summed E-state index contributed by atoms with van der Waals surface area (Å²) in [6.45, 7) is 5.63. The van der Waals surface area contributed by atoms with Gasteiger partial charge in [-0.05, 0) is 61.2 Å². The van der Waals surface area contributed by atoms with Gasteiger partial charge in [0.2, 0.25) is 0 Å². The van der Waals surface area contributed by atoms with E-state index in [2.05, 4.69) is 0 Å². The molecule has 1 fully saturated rings. The maximum atomic E-state index is 13.1. The summed E-state index contributed by atoms with van der Waals surface area (Å²) in [5, 5.41) is 11.3. The summed E-state index contributed by atoms with van der Waals surface area (Å²) in [4.78, 5) is 38.8. The second-order valence-electron chi connectivity index (χ2n) is 8.14. The van der Waals surface area contributed by atoms with Gasteiger partial charge >= 0.3 is 5.97 Å². The molecule has 2 aromatic rings. The van der Waals surface area contributed by atoms with Crippen molar-refractivity contribution in [3.63, 3.8) is 0 Å². The molecule has 8 nitrogen and oxygen atoms in total. The molecule has 2 aromatic carbocycles. The van der Waals surface area contributed by atoms with Crippen LogP contribution in [0.2, 0.25) is 0 Å². The van der Waals surface area contributed by atoms with Gasteiger partial charge in [-0.15, -0.1) is 0 Å². The van der Waals surface area contributed by atoms with Crippen LogP contribution < -0.4 is 9.47 Å². The highest BCUT2D eigenvalue weighted by Gasteiger charge is 2.46. The Labute approximate surface area is 198 Å². The summed E-state index contributed by atoms with van der Waals surface area (Å²) in [6.07, 6.45) is 0.520. The molecule has 1 unspecified atom stereocenters. The Morgan fingerprint density at radius 2 is 1.74 bits per heavy atom. The van der Waals surface area contributed by atoms with Crippen LogP contribution in [-0.4, -0.2) is 55.0 Å². The first-order valence-electron chi connectivity index (χ1n) is 10.9. The fourth-order valence-electron chi connectivity index (χ4n) is 4.13. The van der Waals surface area contributed by atoms with E-state index in [1.807, 2.05) is 6.92 Å². The van der Waals surface area contributed by atoms with E-state index in [1.165, 1.54) is 11.8 Å². The zero-order valence-electron chi connectivity index (χ0n) is 20.0. The van der Waals surface area contributed by atoms with Gasteiger partial charge in [0.05, 0.1) is 18.7 Å². The topological polar surface area (TPSA) is 102 Å². The molecule has 0 saturated carbocycles. The lowest BCUT2D eigenvalue weighted by atomic mass is 9.93. The lowest BCUT2D eigenvalue weighted by Crippen LogP contribution is -2.31. The van der Waals surface area contributed by atoms with Crippen LogP contribution in [0.25, 0.3) is 5.76 Å². The molecule has 0 aliphatic carbocycles. The average molecular weight is 468 g/mol. The van der Waals surface area contributed by atoms with Gasteiger partial charge in [0.1, 0.15) is 17.3 Å². The Bertz CT molecular complexity index is 1130. The molecule has 0 bridgehead atoms. The fourth-order valence-corrected chi connectivity index (χ4v) is 4.13. The van der Waals surface area contributed by atoms with Crippen molar-refractivity contribution in [3.8, 4) is 11.5 Å². The van der Waals surface area contributed by atoms with Crippen molar-refractivity contribution < 1.29 is 33.7 Å². The van der Waals surface area contributed by atoms with E-state index in [9.17, 15) is 19.5 Å². The van der Waals surface area contributed by atoms with E-state index >= 15 is 0 Å².